The Kier molecular flexibility index (Phi) is 3.75. The van der Waals surface area contributed by atoms with Crippen molar-refractivity contribution in [2.75, 3.05) is 0 Å². The summed E-state index contributed by atoms with van der Waals surface area (Å²) in [5.41, 5.74) is 1.43. The van der Waals surface area contributed by atoms with E-state index in [4.69, 9.17) is 0 Å². The highest BCUT2D eigenvalue weighted by Gasteiger charge is 2.34. The van der Waals surface area contributed by atoms with Crippen LogP contribution in [0.4, 0.5) is 0 Å². The molecule has 1 aliphatic carbocycles. The Labute approximate surface area is 126 Å². The second kappa shape index (κ2) is 5.69. The van der Waals surface area contributed by atoms with Gasteiger partial charge < -0.3 is 10.0 Å². The molecule has 1 aromatic carbocycles. The van der Waals surface area contributed by atoms with Crippen molar-refractivity contribution in [2.24, 2.45) is 0 Å². The highest BCUT2D eigenvalue weighted by Crippen LogP contribution is 2.30. The first-order valence-electron chi connectivity index (χ1n) is 6.81. The second-order valence-corrected chi connectivity index (χ2v) is 5.93. The number of benzene rings is 1. The molecule has 0 radical (unpaired) electrons. The molecule has 1 fully saturated rings. The Morgan fingerprint density at radius 2 is 1.90 bits per heavy atom. The van der Waals surface area contributed by atoms with Gasteiger partial charge in [0.15, 0.2) is 0 Å². The SMILES string of the molecule is O=C(O)c1ccccc1C(=O)N(Cc1ccsc1)C1CC1. The first kappa shape index (κ1) is 13.8. The zero-order chi connectivity index (χ0) is 14.8. The molecule has 1 heterocycles. The van der Waals surface area contributed by atoms with E-state index >= 15 is 0 Å². The molecule has 1 amide bonds. The number of hydrogen-bond acceptors (Lipinski definition) is 3. The van der Waals surface area contributed by atoms with Crippen molar-refractivity contribution in [2.45, 2.75) is 25.4 Å². The Morgan fingerprint density at radius 1 is 1.19 bits per heavy atom. The molecular weight excluding hydrogens is 286 g/mol. The van der Waals surface area contributed by atoms with Crippen LogP contribution in [0.25, 0.3) is 0 Å². The molecule has 1 N–H and O–H groups in total. The van der Waals surface area contributed by atoms with Crippen LogP contribution in [-0.4, -0.2) is 27.9 Å². The van der Waals surface area contributed by atoms with E-state index in [1.807, 2.05) is 16.8 Å². The molecule has 1 aliphatic rings. The summed E-state index contributed by atoms with van der Waals surface area (Å²) in [6.45, 7) is 0.543. The first-order chi connectivity index (χ1) is 10.2. The Morgan fingerprint density at radius 3 is 2.48 bits per heavy atom. The molecule has 4 nitrogen and oxygen atoms in total. The van der Waals surface area contributed by atoms with Crippen molar-refractivity contribution in [1.82, 2.24) is 4.90 Å². The molecule has 5 heteroatoms. The number of thiophene rings is 1. The highest BCUT2D eigenvalue weighted by molar-refractivity contribution is 7.07. The second-order valence-electron chi connectivity index (χ2n) is 5.15. The number of carboxylic acid groups (broad SMARTS) is 1. The van der Waals surface area contributed by atoms with Gasteiger partial charge in [-0.25, -0.2) is 4.79 Å². The van der Waals surface area contributed by atoms with E-state index in [0.29, 0.717) is 6.54 Å². The van der Waals surface area contributed by atoms with E-state index in [1.54, 1.807) is 34.4 Å². The smallest absolute Gasteiger partial charge is 0.336 e. The highest BCUT2D eigenvalue weighted by atomic mass is 32.1. The summed E-state index contributed by atoms with van der Waals surface area (Å²) >= 11 is 1.60. The van der Waals surface area contributed by atoms with Gasteiger partial charge in [-0.3, -0.25) is 4.79 Å². The van der Waals surface area contributed by atoms with E-state index in [-0.39, 0.29) is 23.1 Å². The van der Waals surface area contributed by atoms with E-state index in [2.05, 4.69) is 0 Å². The summed E-state index contributed by atoms with van der Waals surface area (Å²) in [7, 11) is 0. The minimum atomic E-state index is -1.06. The van der Waals surface area contributed by atoms with Gasteiger partial charge in [0.05, 0.1) is 11.1 Å². The summed E-state index contributed by atoms with van der Waals surface area (Å²) < 4.78 is 0. The van der Waals surface area contributed by atoms with Crippen LogP contribution < -0.4 is 0 Å². The molecule has 1 aromatic heterocycles. The Bertz CT molecular complexity index is 662. The van der Waals surface area contributed by atoms with Crippen LogP contribution >= 0.6 is 11.3 Å². The quantitative estimate of drug-likeness (QED) is 0.922. The van der Waals surface area contributed by atoms with Crippen molar-refractivity contribution in [1.29, 1.82) is 0 Å². The van der Waals surface area contributed by atoms with Gasteiger partial charge >= 0.3 is 5.97 Å². The molecule has 0 unspecified atom stereocenters. The van der Waals surface area contributed by atoms with Gasteiger partial charge in [-0.1, -0.05) is 12.1 Å². The normalized spacial score (nSPS) is 13.9. The number of rotatable bonds is 5. The molecule has 3 rings (SSSR count). The van der Waals surface area contributed by atoms with E-state index < -0.39 is 5.97 Å². The minimum absolute atomic E-state index is 0.0680. The van der Waals surface area contributed by atoms with Crippen LogP contribution in [0.1, 0.15) is 39.1 Å². The van der Waals surface area contributed by atoms with Gasteiger partial charge in [0.2, 0.25) is 0 Å². The first-order valence-corrected chi connectivity index (χ1v) is 7.75. The van der Waals surface area contributed by atoms with Gasteiger partial charge in [-0.05, 0) is 47.4 Å². The van der Waals surface area contributed by atoms with Gasteiger partial charge in [0.25, 0.3) is 5.91 Å². The summed E-state index contributed by atoms with van der Waals surface area (Å²) in [6.07, 6.45) is 1.98. The predicted molar refractivity (Wildman–Crippen MR) is 80.6 cm³/mol. The van der Waals surface area contributed by atoms with Crippen LogP contribution in [-0.2, 0) is 6.54 Å². The van der Waals surface area contributed by atoms with Crippen molar-refractivity contribution in [3.63, 3.8) is 0 Å². The summed E-state index contributed by atoms with van der Waals surface area (Å²) in [5, 5.41) is 13.2. The number of carbonyl (C=O) groups excluding carboxylic acids is 1. The zero-order valence-electron chi connectivity index (χ0n) is 11.4. The predicted octanol–water partition coefficient (Wildman–Crippen LogP) is 3.25. The fourth-order valence-corrected chi connectivity index (χ4v) is 3.00. The molecule has 0 bridgehead atoms. The molecule has 108 valence electrons. The Balaban J connectivity index is 1.89. The molecular formula is C16H15NO3S. The van der Waals surface area contributed by atoms with Gasteiger partial charge in [0.1, 0.15) is 0 Å². The standard InChI is InChI=1S/C16H15NO3S/c18-15(13-3-1-2-4-14(13)16(19)20)17(12-5-6-12)9-11-7-8-21-10-11/h1-4,7-8,10,12H,5-6,9H2,(H,19,20). The zero-order valence-corrected chi connectivity index (χ0v) is 12.2. The van der Waals surface area contributed by atoms with Crippen LogP contribution in [0, 0.1) is 0 Å². The maximum atomic E-state index is 12.7. The lowest BCUT2D eigenvalue weighted by atomic mass is 10.1. The maximum Gasteiger partial charge on any atom is 0.336 e. The van der Waals surface area contributed by atoms with E-state index in [9.17, 15) is 14.7 Å². The van der Waals surface area contributed by atoms with E-state index in [0.717, 1.165) is 18.4 Å². The summed E-state index contributed by atoms with van der Waals surface area (Å²) in [6, 6.07) is 8.64. The lowest BCUT2D eigenvalue weighted by molar-refractivity contribution is 0.0668. The third kappa shape index (κ3) is 2.97. The van der Waals surface area contributed by atoms with Crippen molar-refractivity contribution in [3.05, 3.63) is 57.8 Å². The van der Waals surface area contributed by atoms with Gasteiger partial charge in [-0.15, -0.1) is 0 Å². The molecule has 2 aromatic rings. The molecule has 0 atom stereocenters. The van der Waals surface area contributed by atoms with Gasteiger partial charge in [-0.2, -0.15) is 11.3 Å². The molecule has 1 saturated carbocycles. The average molecular weight is 301 g/mol. The number of hydrogen-bond donors (Lipinski definition) is 1. The fourth-order valence-electron chi connectivity index (χ4n) is 2.34. The molecule has 0 aliphatic heterocycles. The molecule has 0 spiro atoms. The monoisotopic (exact) mass is 301 g/mol. The van der Waals surface area contributed by atoms with Crippen LogP contribution in [0.15, 0.2) is 41.1 Å². The maximum absolute atomic E-state index is 12.7. The molecule has 0 saturated heterocycles. The number of aromatic carboxylic acids is 1. The lowest BCUT2D eigenvalue weighted by Gasteiger charge is -2.22. The summed E-state index contributed by atoms with van der Waals surface area (Å²) in [4.78, 5) is 25.8. The van der Waals surface area contributed by atoms with Crippen LogP contribution in [0.3, 0.4) is 0 Å². The van der Waals surface area contributed by atoms with E-state index in [1.165, 1.54) is 6.07 Å². The van der Waals surface area contributed by atoms with Crippen LogP contribution in [0.2, 0.25) is 0 Å². The topological polar surface area (TPSA) is 57.6 Å². The largest absolute Gasteiger partial charge is 0.478 e. The third-order valence-corrected chi connectivity index (χ3v) is 4.30. The van der Waals surface area contributed by atoms with Crippen molar-refractivity contribution in [3.8, 4) is 0 Å². The summed E-state index contributed by atoms with van der Waals surface area (Å²) in [5.74, 6) is -1.26. The minimum Gasteiger partial charge on any atom is -0.478 e. The number of nitrogens with zero attached hydrogens (tertiary/aromatic N) is 1. The number of carbonyl (C=O) groups is 2. The molecule has 21 heavy (non-hydrogen) atoms. The lowest BCUT2D eigenvalue weighted by Crippen LogP contribution is -2.33. The average Bonchev–Trinajstić information content (AvgIpc) is 3.20. The fraction of sp³-hybridized carbons (Fsp3) is 0.250. The van der Waals surface area contributed by atoms with Crippen molar-refractivity contribution >= 4 is 23.2 Å². The van der Waals surface area contributed by atoms with Crippen molar-refractivity contribution < 1.29 is 14.7 Å². The number of amides is 1. The Hall–Kier alpha value is -2.14. The van der Waals surface area contributed by atoms with Gasteiger partial charge in [0, 0.05) is 12.6 Å². The number of carboxylic acids is 1. The third-order valence-electron chi connectivity index (χ3n) is 3.57. The van der Waals surface area contributed by atoms with Crippen LogP contribution in [0.5, 0.6) is 0 Å².